The predicted molar refractivity (Wildman–Crippen MR) is 63.5 cm³/mol. The number of benzene rings is 1. The van der Waals surface area contributed by atoms with E-state index in [0.29, 0.717) is 12.0 Å². The van der Waals surface area contributed by atoms with Crippen molar-refractivity contribution in [3.8, 4) is 0 Å². The summed E-state index contributed by atoms with van der Waals surface area (Å²) in [6.07, 6.45) is -0.189. The van der Waals surface area contributed by atoms with E-state index in [1.165, 1.54) is 0 Å². The molecule has 2 heterocycles. The summed E-state index contributed by atoms with van der Waals surface area (Å²) in [5, 5.41) is 3.24. The third-order valence-corrected chi connectivity index (χ3v) is 3.52. The Bertz CT molecular complexity index is 407. The smallest absolute Gasteiger partial charge is 0.410 e. The fourth-order valence-corrected chi connectivity index (χ4v) is 2.41. The minimum absolute atomic E-state index is 0.189. The van der Waals surface area contributed by atoms with Crippen molar-refractivity contribution < 1.29 is 9.53 Å². The predicted octanol–water partition coefficient (Wildman–Crippen LogP) is 1.23. The molecule has 2 fully saturated rings. The Balaban J connectivity index is 1.45. The Morgan fingerprint density at radius 3 is 2.59 bits per heavy atom. The number of nitrogens with zero attached hydrogens (tertiary/aromatic N) is 1. The van der Waals surface area contributed by atoms with Gasteiger partial charge in [0, 0.05) is 31.6 Å². The van der Waals surface area contributed by atoms with Gasteiger partial charge < -0.3 is 15.0 Å². The summed E-state index contributed by atoms with van der Waals surface area (Å²) in [5.74, 6) is 0. The molecule has 4 heteroatoms. The van der Waals surface area contributed by atoms with Gasteiger partial charge in [-0.15, -0.1) is 0 Å². The number of carbonyl (C=O) groups excluding carboxylic acids is 1. The maximum Gasteiger partial charge on any atom is 0.410 e. The molecule has 2 aliphatic heterocycles. The van der Waals surface area contributed by atoms with Crippen molar-refractivity contribution in [1.82, 2.24) is 10.2 Å². The zero-order valence-corrected chi connectivity index (χ0v) is 9.69. The largest absolute Gasteiger partial charge is 0.445 e. The molecule has 1 amide bonds. The van der Waals surface area contributed by atoms with Gasteiger partial charge in [0.2, 0.25) is 0 Å². The molecule has 90 valence electrons. The lowest BCUT2D eigenvalue weighted by Crippen LogP contribution is -2.71. The maximum atomic E-state index is 11.7. The molecule has 0 radical (unpaired) electrons. The molecule has 1 aromatic rings. The van der Waals surface area contributed by atoms with Gasteiger partial charge in [-0.25, -0.2) is 4.79 Å². The van der Waals surface area contributed by atoms with Crippen LogP contribution >= 0.6 is 0 Å². The van der Waals surface area contributed by atoms with Gasteiger partial charge in [-0.1, -0.05) is 30.3 Å². The lowest BCUT2D eigenvalue weighted by Gasteiger charge is -2.55. The van der Waals surface area contributed by atoms with E-state index >= 15 is 0 Å². The van der Waals surface area contributed by atoms with Crippen LogP contribution in [0.15, 0.2) is 30.3 Å². The highest BCUT2D eigenvalue weighted by atomic mass is 16.6. The third-order valence-electron chi connectivity index (χ3n) is 3.52. The van der Waals surface area contributed by atoms with Crippen LogP contribution in [0.1, 0.15) is 5.56 Å². The molecule has 0 saturated carbocycles. The van der Waals surface area contributed by atoms with Gasteiger partial charge in [-0.2, -0.15) is 0 Å². The zero-order valence-electron chi connectivity index (χ0n) is 9.69. The standard InChI is InChI=1S/C13H16N2O2/c16-12(15-9-13(10-15)7-14-8-13)17-6-11-4-2-1-3-5-11/h1-5,14H,6-10H2. The first-order valence-electron chi connectivity index (χ1n) is 5.94. The summed E-state index contributed by atoms with van der Waals surface area (Å²) < 4.78 is 5.26. The number of amides is 1. The third kappa shape index (κ3) is 2.00. The van der Waals surface area contributed by atoms with Crippen molar-refractivity contribution in [2.75, 3.05) is 26.2 Å². The molecule has 0 unspecified atom stereocenters. The van der Waals surface area contributed by atoms with Crippen LogP contribution in [0, 0.1) is 5.41 Å². The Morgan fingerprint density at radius 1 is 1.29 bits per heavy atom. The Morgan fingerprint density at radius 2 is 2.00 bits per heavy atom. The van der Waals surface area contributed by atoms with E-state index in [1.54, 1.807) is 4.90 Å². The van der Waals surface area contributed by atoms with E-state index < -0.39 is 0 Å². The molecule has 3 rings (SSSR count). The van der Waals surface area contributed by atoms with Gasteiger partial charge >= 0.3 is 6.09 Å². The molecular weight excluding hydrogens is 216 g/mol. The molecule has 1 spiro atoms. The van der Waals surface area contributed by atoms with Gasteiger partial charge in [0.1, 0.15) is 6.61 Å². The fourth-order valence-electron chi connectivity index (χ4n) is 2.41. The fraction of sp³-hybridized carbons (Fsp3) is 0.462. The highest BCUT2D eigenvalue weighted by Crippen LogP contribution is 2.34. The lowest BCUT2D eigenvalue weighted by molar-refractivity contribution is -0.0365. The number of nitrogens with one attached hydrogen (secondary N) is 1. The number of hydrogen-bond donors (Lipinski definition) is 1. The number of likely N-dealkylation sites (tertiary alicyclic amines) is 1. The second kappa shape index (κ2) is 4.04. The van der Waals surface area contributed by atoms with Gasteiger partial charge in [0.15, 0.2) is 0 Å². The number of carbonyl (C=O) groups is 1. The molecule has 1 N–H and O–H groups in total. The first-order chi connectivity index (χ1) is 8.27. The normalized spacial score (nSPS) is 20.6. The van der Waals surface area contributed by atoms with Crippen molar-refractivity contribution >= 4 is 6.09 Å². The summed E-state index contributed by atoms with van der Waals surface area (Å²) in [4.78, 5) is 13.5. The Kier molecular flexibility index (Phi) is 2.52. The zero-order chi connectivity index (χ0) is 11.7. The highest BCUT2D eigenvalue weighted by molar-refractivity contribution is 5.69. The molecule has 2 saturated heterocycles. The van der Waals surface area contributed by atoms with E-state index in [2.05, 4.69) is 5.32 Å². The summed E-state index contributed by atoms with van der Waals surface area (Å²) in [7, 11) is 0. The average molecular weight is 232 g/mol. The molecule has 4 nitrogen and oxygen atoms in total. The second-order valence-corrected chi connectivity index (χ2v) is 5.00. The number of rotatable bonds is 2. The van der Waals surface area contributed by atoms with Crippen molar-refractivity contribution in [1.29, 1.82) is 0 Å². The van der Waals surface area contributed by atoms with E-state index in [0.717, 1.165) is 31.7 Å². The van der Waals surface area contributed by atoms with Gasteiger partial charge in [0.05, 0.1) is 0 Å². The molecule has 0 aliphatic carbocycles. The molecule has 2 aliphatic rings. The van der Waals surface area contributed by atoms with Crippen molar-refractivity contribution in [2.45, 2.75) is 6.61 Å². The lowest BCUT2D eigenvalue weighted by atomic mass is 9.75. The summed E-state index contributed by atoms with van der Waals surface area (Å²) in [6.45, 7) is 4.12. The number of ether oxygens (including phenoxy) is 1. The maximum absolute atomic E-state index is 11.7. The van der Waals surface area contributed by atoms with Gasteiger partial charge in [-0.3, -0.25) is 0 Å². The van der Waals surface area contributed by atoms with E-state index in [1.807, 2.05) is 30.3 Å². The van der Waals surface area contributed by atoms with Crippen LogP contribution in [-0.4, -0.2) is 37.2 Å². The van der Waals surface area contributed by atoms with Crippen molar-refractivity contribution in [2.24, 2.45) is 5.41 Å². The Hall–Kier alpha value is -1.55. The SMILES string of the molecule is O=C(OCc1ccccc1)N1CC2(CNC2)C1. The summed E-state index contributed by atoms with van der Waals surface area (Å²) >= 11 is 0. The molecule has 0 aromatic heterocycles. The van der Waals surface area contributed by atoms with Gasteiger partial charge in [-0.05, 0) is 5.56 Å². The number of hydrogen-bond acceptors (Lipinski definition) is 3. The Labute approximate surface area is 101 Å². The van der Waals surface area contributed by atoms with Gasteiger partial charge in [0.25, 0.3) is 0 Å². The van der Waals surface area contributed by atoms with Crippen molar-refractivity contribution in [3.05, 3.63) is 35.9 Å². The summed E-state index contributed by atoms with van der Waals surface area (Å²) in [5.41, 5.74) is 1.40. The van der Waals surface area contributed by atoms with Crippen LogP contribution in [0.4, 0.5) is 4.79 Å². The van der Waals surface area contributed by atoms with E-state index in [-0.39, 0.29) is 6.09 Å². The van der Waals surface area contributed by atoms with Crippen molar-refractivity contribution in [3.63, 3.8) is 0 Å². The minimum Gasteiger partial charge on any atom is -0.445 e. The topological polar surface area (TPSA) is 41.6 Å². The first kappa shape index (κ1) is 10.6. The highest BCUT2D eigenvalue weighted by Gasteiger charge is 2.49. The molecule has 1 aromatic carbocycles. The second-order valence-electron chi connectivity index (χ2n) is 5.00. The summed E-state index contributed by atoms with van der Waals surface area (Å²) in [6, 6.07) is 9.76. The average Bonchev–Trinajstić information content (AvgIpc) is 2.24. The monoisotopic (exact) mass is 232 g/mol. The quantitative estimate of drug-likeness (QED) is 0.833. The van der Waals surface area contributed by atoms with E-state index in [9.17, 15) is 4.79 Å². The molecular formula is C13H16N2O2. The minimum atomic E-state index is -0.189. The van der Waals surface area contributed by atoms with Crippen LogP contribution in [-0.2, 0) is 11.3 Å². The molecule has 17 heavy (non-hydrogen) atoms. The van der Waals surface area contributed by atoms with Crippen LogP contribution in [0.3, 0.4) is 0 Å². The first-order valence-corrected chi connectivity index (χ1v) is 5.94. The molecule has 0 atom stereocenters. The molecule has 0 bridgehead atoms. The van der Waals surface area contributed by atoms with Crippen LogP contribution in [0.25, 0.3) is 0 Å². The van der Waals surface area contributed by atoms with Crippen LogP contribution < -0.4 is 5.32 Å². The van der Waals surface area contributed by atoms with E-state index in [4.69, 9.17) is 4.74 Å². The van der Waals surface area contributed by atoms with Crippen LogP contribution in [0.2, 0.25) is 0 Å². The van der Waals surface area contributed by atoms with Crippen LogP contribution in [0.5, 0.6) is 0 Å².